The molecule has 2 fully saturated rings. The van der Waals surface area contributed by atoms with Crippen LogP contribution in [-0.4, -0.2) is 58.6 Å². The Morgan fingerprint density at radius 1 is 1.26 bits per heavy atom. The lowest BCUT2D eigenvalue weighted by Gasteiger charge is -2.35. The molecule has 0 spiro atoms. The Hall–Kier alpha value is -0.610. The molecule has 0 radical (unpaired) electrons. The van der Waals surface area contributed by atoms with E-state index in [1.165, 1.54) is 6.42 Å². The molecule has 4 nitrogen and oxygen atoms in total. The van der Waals surface area contributed by atoms with Gasteiger partial charge in [0.05, 0.1) is 12.6 Å². The number of aliphatic hydroxyl groups excluding tert-OH is 1. The summed E-state index contributed by atoms with van der Waals surface area (Å²) in [5.41, 5.74) is 0. The van der Waals surface area contributed by atoms with Crippen LogP contribution in [0.25, 0.3) is 0 Å². The van der Waals surface area contributed by atoms with E-state index in [1.807, 2.05) is 6.92 Å². The first kappa shape index (κ1) is 14.8. The van der Waals surface area contributed by atoms with E-state index in [0.29, 0.717) is 18.6 Å². The van der Waals surface area contributed by atoms with E-state index < -0.39 is 0 Å². The summed E-state index contributed by atoms with van der Waals surface area (Å²) >= 11 is 0. The summed E-state index contributed by atoms with van der Waals surface area (Å²) in [6, 6.07) is 0.795. The molecule has 4 heteroatoms. The van der Waals surface area contributed by atoms with Crippen LogP contribution < -0.4 is 0 Å². The van der Waals surface area contributed by atoms with Gasteiger partial charge < -0.3 is 10.0 Å². The number of piperidine rings is 1. The van der Waals surface area contributed by atoms with E-state index in [9.17, 15) is 9.90 Å². The lowest BCUT2D eigenvalue weighted by Crippen LogP contribution is -2.48. The third kappa shape index (κ3) is 3.93. The van der Waals surface area contributed by atoms with Crippen molar-refractivity contribution >= 4 is 5.91 Å². The molecular weight excluding hydrogens is 240 g/mol. The fraction of sp³-hybridized carbons (Fsp3) is 0.933. The molecule has 3 atom stereocenters. The summed E-state index contributed by atoms with van der Waals surface area (Å²) in [4.78, 5) is 16.7. The van der Waals surface area contributed by atoms with Crippen LogP contribution in [0.15, 0.2) is 0 Å². The van der Waals surface area contributed by atoms with Crippen molar-refractivity contribution in [2.45, 2.75) is 70.6 Å². The molecule has 3 unspecified atom stereocenters. The third-order valence-corrected chi connectivity index (χ3v) is 4.57. The second kappa shape index (κ2) is 6.71. The topological polar surface area (TPSA) is 43.8 Å². The van der Waals surface area contributed by atoms with Gasteiger partial charge in [-0.2, -0.15) is 0 Å². The molecule has 1 N–H and O–H groups in total. The molecule has 0 bridgehead atoms. The van der Waals surface area contributed by atoms with Crippen LogP contribution in [-0.2, 0) is 4.79 Å². The molecule has 2 rings (SSSR count). The van der Waals surface area contributed by atoms with Gasteiger partial charge in [0.15, 0.2) is 0 Å². The lowest BCUT2D eigenvalue weighted by molar-refractivity contribution is -0.136. The number of amides is 1. The summed E-state index contributed by atoms with van der Waals surface area (Å²) < 4.78 is 0. The smallest absolute Gasteiger partial charge is 0.236 e. The molecule has 1 amide bonds. The Labute approximate surface area is 116 Å². The standard InChI is InChI=1S/C15H28N2O2/c1-12-6-3-4-9-17(12)15(19)11-16-8-5-7-14(16)10-13(2)18/h12-14,18H,3-11H2,1-2H3. The number of likely N-dealkylation sites (tertiary alicyclic amines) is 2. The van der Waals surface area contributed by atoms with Crippen molar-refractivity contribution in [1.82, 2.24) is 9.80 Å². The second-order valence-corrected chi connectivity index (χ2v) is 6.28. The molecule has 0 aliphatic carbocycles. The summed E-state index contributed by atoms with van der Waals surface area (Å²) in [7, 11) is 0. The van der Waals surface area contributed by atoms with Crippen molar-refractivity contribution in [3.63, 3.8) is 0 Å². The van der Waals surface area contributed by atoms with Gasteiger partial charge in [0.25, 0.3) is 0 Å². The minimum atomic E-state index is -0.269. The van der Waals surface area contributed by atoms with Gasteiger partial charge in [-0.1, -0.05) is 0 Å². The first-order valence-corrected chi connectivity index (χ1v) is 7.79. The highest BCUT2D eigenvalue weighted by molar-refractivity contribution is 5.78. The highest BCUT2D eigenvalue weighted by Crippen LogP contribution is 2.22. The Morgan fingerprint density at radius 3 is 2.74 bits per heavy atom. The summed E-state index contributed by atoms with van der Waals surface area (Å²) in [5.74, 6) is 0.282. The molecule has 0 saturated carbocycles. The first-order valence-electron chi connectivity index (χ1n) is 7.79. The number of rotatable bonds is 4. The number of nitrogens with zero attached hydrogens (tertiary/aromatic N) is 2. The van der Waals surface area contributed by atoms with E-state index >= 15 is 0 Å². The van der Waals surface area contributed by atoms with Gasteiger partial charge in [-0.25, -0.2) is 0 Å². The average Bonchev–Trinajstić information content (AvgIpc) is 2.76. The maximum Gasteiger partial charge on any atom is 0.236 e. The maximum atomic E-state index is 12.4. The quantitative estimate of drug-likeness (QED) is 0.842. The zero-order valence-corrected chi connectivity index (χ0v) is 12.3. The zero-order chi connectivity index (χ0) is 13.8. The Balaban J connectivity index is 1.86. The van der Waals surface area contributed by atoms with E-state index in [0.717, 1.165) is 45.2 Å². The van der Waals surface area contributed by atoms with E-state index in [4.69, 9.17) is 0 Å². The van der Waals surface area contributed by atoms with Crippen LogP contribution in [0.2, 0.25) is 0 Å². The van der Waals surface area contributed by atoms with E-state index in [2.05, 4.69) is 16.7 Å². The van der Waals surface area contributed by atoms with Crippen molar-refractivity contribution in [1.29, 1.82) is 0 Å². The van der Waals surface area contributed by atoms with E-state index in [-0.39, 0.29) is 12.0 Å². The van der Waals surface area contributed by atoms with Crippen LogP contribution in [0.1, 0.15) is 52.4 Å². The molecule has 2 saturated heterocycles. The Bertz CT molecular complexity index is 307. The van der Waals surface area contributed by atoms with Gasteiger partial charge in [-0.15, -0.1) is 0 Å². The van der Waals surface area contributed by atoms with Gasteiger partial charge in [0, 0.05) is 18.6 Å². The molecular formula is C15H28N2O2. The molecule has 2 aliphatic rings. The van der Waals surface area contributed by atoms with Crippen LogP contribution >= 0.6 is 0 Å². The largest absolute Gasteiger partial charge is 0.393 e. The maximum absolute atomic E-state index is 12.4. The van der Waals surface area contributed by atoms with Crippen molar-refractivity contribution in [3.05, 3.63) is 0 Å². The average molecular weight is 268 g/mol. The van der Waals surface area contributed by atoms with Crippen LogP contribution in [0.5, 0.6) is 0 Å². The third-order valence-electron chi connectivity index (χ3n) is 4.57. The Kier molecular flexibility index (Phi) is 5.22. The highest BCUT2D eigenvalue weighted by atomic mass is 16.3. The van der Waals surface area contributed by atoms with Gasteiger partial charge >= 0.3 is 0 Å². The predicted octanol–water partition coefficient (Wildman–Crippen LogP) is 1.62. The molecule has 0 aromatic carbocycles. The molecule has 2 heterocycles. The predicted molar refractivity (Wildman–Crippen MR) is 75.9 cm³/mol. The number of hydrogen-bond donors (Lipinski definition) is 1. The van der Waals surface area contributed by atoms with Crippen LogP contribution in [0.3, 0.4) is 0 Å². The number of hydrogen-bond acceptors (Lipinski definition) is 3. The minimum absolute atomic E-state index is 0.269. The van der Waals surface area contributed by atoms with E-state index in [1.54, 1.807) is 0 Å². The van der Waals surface area contributed by atoms with Gasteiger partial charge in [0.2, 0.25) is 5.91 Å². The lowest BCUT2D eigenvalue weighted by atomic mass is 10.0. The Morgan fingerprint density at radius 2 is 2.05 bits per heavy atom. The molecule has 0 aromatic heterocycles. The zero-order valence-electron chi connectivity index (χ0n) is 12.3. The normalized spacial score (nSPS) is 30.6. The van der Waals surface area contributed by atoms with Crippen LogP contribution in [0.4, 0.5) is 0 Å². The summed E-state index contributed by atoms with van der Waals surface area (Å²) in [6.07, 6.45) is 6.33. The van der Waals surface area contributed by atoms with Crippen molar-refractivity contribution in [3.8, 4) is 0 Å². The van der Waals surface area contributed by atoms with Crippen molar-refractivity contribution in [2.24, 2.45) is 0 Å². The summed E-state index contributed by atoms with van der Waals surface area (Å²) in [6.45, 7) is 6.47. The number of aliphatic hydroxyl groups is 1. The van der Waals surface area contributed by atoms with Gasteiger partial charge in [-0.3, -0.25) is 9.69 Å². The van der Waals surface area contributed by atoms with Crippen molar-refractivity contribution < 1.29 is 9.90 Å². The molecule has 19 heavy (non-hydrogen) atoms. The summed E-state index contributed by atoms with van der Waals surface area (Å²) in [5, 5.41) is 9.53. The molecule has 0 aromatic rings. The van der Waals surface area contributed by atoms with Crippen molar-refractivity contribution in [2.75, 3.05) is 19.6 Å². The molecule has 2 aliphatic heterocycles. The fourth-order valence-electron chi connectivity index (χ4n) is 3.50. The number of carbonyl (C=O) groups excluding carboxylic acids is 1. The number of carbonyl (C=O) groups is 1. The first-order chi connectivity index (χ1) is 9.08. The van der Waals surface area contributed by atoms with Crippen LogP contribution in [0, 0.1) is 0 Å². The SMILES string of the molecule is CC(O)CC1CCCN1CC(=O)N1CCCCC1C. The minimum Gasteiger partial charge on any atom is -0.393 e. The highest BCUT2D eigenvalue weighted by Gasteiger charge is 2.30. The van der Waals surface area contributed by atoms with Gasteiger partial charge in [0.1, 0.15) is 0 Å². The fourth-order valence-corrected chi connectivity index (χ4v) is 3.50. The molecule has 110 valence electrons. The monoisotopic (exact) mass is 268 g/mol. The van der Waals surface area contributed by atoms with Gasteiger partial charge in [-0.05, 0) is 58.9 Å². The second-order valence-electron chi connectivity index (χ2n) is 6.28.